The average molecular weight is 387 g/mol. The molecule has 1 fully saturated rings. The van der Waals surface area contributed by atoms with E-state index in [4.69, 9.17) is 21.3 Å². The molecule has 0 radical (unpaired) electrons. The zero-order valence-electron chi connectivity index (χ0n) is 15.4. The van der Waals surface area contributed by atoms with Gasteiger partial charge in [-0.15, -0.1) is 0 Å². The zero-order valence-corrected chi connectivity index (χ0v) is 16.1. The van der Waals surface area contributed by atoms with E-state index in [2.05, 4.69) is 15.2 Å². The fraction of sp³-hybridized carbons (Fsp3) is 0.450. The van der Waals surface area contributed by atoms with Crippen LogP contribution in [0.2, 0.25) is 5.02 Å². The minimum absolute atomic E-state index is 0.00662. The second-order valence-corrected chi connectivity index (χ2v) is 7.72. The van der Waals surface area contributed by atoms with Crippen LogP contribution in [0.4, 0.5) is 5.95 Å². The van der Waals surface area contributed by atoms with Crippen molar-refractivity contribution in [2.75, 3.05) is 31.2 Å². The zero-order chi connectivity index (χ0) is 18.9. The first kappa shape index (κ1) is 18.2. The molecule has 4 rings (SSSR count). The summed E-state index contributed by atoms with van der Waals surface area (Å²) in [6.07, 6.45) is 3.44. The lowest BCUT2D eigenvalue weighted by Gasteiger charge is -2.28. The maximum Gasteiger partial charge on any atom is 0.232 e. The summed E-state index contributed by atoms with van der Waals surface area (Å²) in [5.74, 6) is 0.681. The van der Waals surface area contributed by atoms with Gasteiger partial charge >= 0.3 is 0 Å². The van der Waals surface area contributed by atoms with Crippen molar-refractivity contribution in [1.29, 1.82) is 0 Å². The molecule has 142 valence electrons. The molecule has 1 atom stereocenters. The van der Waals surface area contributed by atoms with Gasteiger partial charge in [0.05, 0.1) is 24.3 Å². The number of carbonyl (C=O) groups is 1. The fourth-order valence-electron chi connectivity index (χ4n) is 3.72. The number of halogens is 1. The van der Waals surface area contributed by atoms with Crippen LogP contribution in [0, 0.1) is 0 Å². The van der Waals surface area contributed by atoms with Crippen molar-refractivity contribution in [2.45, 2.75) is 31.7 Å². The number of amides is 1. The van der Waals surface area contributed by atoms with E-state index in [9.17, 15) is 4.79 Å². The number of hydrogen-bond donors (Lipinski definition) is 1. The number of carbonyl (C=O) groups excluding carboxylic acids is 1. The normalized spacial score (nSPS) is 21.8. The molecule has 1 amide bonds. The Bertz CT molecular complexity index is 854. The number of nitrogens with zero attached hydrogens (tertiary/aromatic N) is 3. The van der Waals surface area contributed by atoms with E-state index in [0.29, 0.717) is 30.7 Å². The summed E-state index contributed by atoms with van der Waals surface area (Å²) in [5, 5.41) is 3.73. The second-order valence-electron chi connectivity index (χ2n) is 7.29. The highest BCUT2D eigenvalue weighted by atomic mass is 35.5. The van der Waals surface area contributed by atoms with Crippen molar-refractivity contribution in [1.82, 2.24) is 15.3 Å². The largest absolute Gasteiger partial charge is 0.378 e. The number of aryl methyl sites for hydroxylation is 1. The van der Waals surface area contributed by atoms with Crippen LogP contribution < -0.4 is 10.2 Å². The monoisotopic (exact) mass is 386 g/mol. The van der Waals surface area contributed by atoms with Crippen LogP contribution in [0.15, 0.2) is 30.5 Å². The van der Waals surface area contributed by atoms with Crippen LogP contribution in [0.25, 0.3) is 0 Å². The Morgan fingerprint density at radius 3 is 2.96 bits per heavy atom. The molecular weight excluding hydrogens is 364 g/mol. The summed E-state index contributed by atoms with van der Waals surface area (Å²) < 4.78 is 5.40. The van der Waals surface area contributed by atoms with Crippen molar-refractivity contribution in [3.05, 3.63) is 52.3 Å². The highest BCUT2D eigenvalue weighted by molar-refractivity contribution is 6.30. The summed E-state index contributed by atoms with van der Waals surface area (Å²) in [6.45, 7) is 5.33. The van der Waals surface area contributed by atoms with Crippen LogP contribution in [-0.2, 0) is 27.9 Å². The first-order valence-corrected chi connectivity index (χ1v) is 9.66. The summed E-state index contributed by atoms with van der Waals surface area (Å²) in [5.41, 5.74) is 2.25. The molecule has 0 bridgehead atoms. The van der Waals surface area contributed by atoms with E-state index in [1.165, 1.54) is 0 Å². The molecule has 2 aliphatic rings. The highest BCUT2D eigenvalue weighted by Crippen LogP contribution is 2.38. The van der Waals surface area contributed by atoms with E-state index >= 15 is 0 Å². The smallest absolute Gasteiger partial charge is 0.232 e. The summed E-state index contributed by atoms with van der Waals surface area (Å²) in [4.78, 5) is 24.5. The topological polar surface area (TPSA) is 67.4 Å². The fourth-order valence-corrected chi connectivity index (χ4v) is 3.94. The number of fused-ring (bicyclic) bond motifs is 1. The lowest BCUT2D eigenvalue weighted by atomic mass is 9.86. The van der Waals surface area contributed by atoms with Gasteiger partial charge in [-0.2, -0.15) is 0 Å². The molecule has 1 N–H and O–H groups in total. The Hall–Kier alpha value is -2.18. The molecule has 1 saturated heterocycles. The van der Waals surface area contributed by atoms with Gasteiger partial charge in [0.1, 0.15) is 0 Å². The number of nitrogens with one attached hydrogen (secondary N) is 1. The Morgan fingerprint density at radius 2 is 2.19 bits per heavy atom. The number of rotatable bonds is 4. The molecule has 2 aromatic rings. The van der Waals surface area contributed by atoms with Crippen LogP contribution >= 0.6 is 11.6 Å². The van der Waals surface area contributed by atoms with Crippen molar-refractivity contribution in [3.63, 3.8) is 0 Å². The Kier molecular flexibility index (Phi) is 5.02. The van der Waals surface area contributed by atoms with Crippen LogP contribution in [0.3, 0.4) is 0 Å². The number of anilines is 1. The number of aromatic nitrogens is 2. The Labute approximate surface area is 163 Å². The lowest BCUT2D eigenvalue weighted by molar-refractivity contribution is -0.126. The standard InChI is InChI=1S/C20H23ClN4O2/c1-20(18(26)22-12-14-3-2-4-16(21)11-14)6-5-15-13-23-19(24-17(15)20)25-7-9-27-10-8-25/h2-4,11,13H,5-10,12H2,1H3,(H,22,26). The van der Waals surface area contributed by atoms with Gasteiger partial charge in [-0.25, -0.2) is 9.97 Å². The van der Waals surface area contributed by atoms with E-state index in [1.807, 2.05) is 37.4 Å². The molecule has 7 heteroatoms. The number of hydrogen-bond acceptors (Lipinski definition) is 5. The van der Waals surface area contributed by atoms with Crippen LogP contribution in [0.1, 0.15) is 30.2 Å². The van der Waals surface area contributed by atoms with E-state index in [1.54, 1.807) is 0 Å². The molecule has 0 saturated carbocycles. The van der Waals surface area contributed by atoms with Crippen molar-refractivity contribution < 1.29 is 9.53 Å². The van der Waals surface area contributed by atoms with Gasteiger partial charge in [0.25, 0.3) is 0 Å². The first-order valence-electron chi connectivity index (χ1n) is 9.28. The SMILES string of the molecule is CC1(C(=O)NCc2cccc(Cl)c2)CCc2cnc(N3CCOCC3)nc21. The van der Waals surface area contributed by atoms with Gasteiger partial charge in [0.2, 0.25) is 11.9 Å². The lowest BCUT2D eigenvalue weighted by Crippen LogP contribution is -2.42. The minimum atomic E-state index is -0.641. The maximum absolute atomic E-state index is 13.0. The van der Waals surface area contributed by atoms with Gasteiger partial charge in [0, 0.05) is 30.9 Å². The molecule has 1 unspecified atom stereocenters. The quantitative estimate of drug-likeness (QED) is 0.874. The average Bonchev–Trinajstić information content (AvgIpc) is 3.04. The van der Waals surface area contributed by atoms with Crippen LogP contribution in [0.5, 0.6) is 0 Å². The molecular formula is C20H23ClN4O2. The molecule has 0 spiro atoms. The predicted molar refractivity (Wildman–Crippen MR) is 104 cm³/mol. The molecule has 1 aromatic carbocycles. The molecule has 1 aromatic heterocycles. The van der Waals surface area contributed by atoms with Gasteiger partial charge in [-0.3, -0.25) is 4.79 Å². The van der Waals surface area contributed by atoms with E-state index < -0.39 is 5.41 Å². The van der Waals surface area contributed by atoms with Gasteiger partial charge in [-0.05, 0) is 43.0 Å². The highest BCUT2D eigenvalue weighted by Gasteiger charge is 2.43. The number of benzene rings is 1. The van der Waals surface area contributed by atoms with Gasteiger partial charge in [-0.1, -0.05) is 23.7 Å². The molecule has 2 heterocycles. The van der Waals surface area contributed by atoms with Crippen LogP contribution in [-0.4, -0.2) is 42.2 Å². The van der Waals surface area contributed by atoms with Crippen molar-refractivity contribution in [3.8, 4) is 0 Å². The van der Waals surface area contributed by atoms with Crippen molar-refractivity contribution in [2.24, 2.45) is 0 Å². The molecule has 6 nitrogen and oxygen atoms in total. The first-order chi connectivity index (χ1) is 13.1. The third kappa shape index (κ3) is 3.64. The third-order valence-corrected chi connectivity index (χ3v) is 5.64. The maximum atomic E-state index is 13.0. The second kappa shape index (κ2) is 7.44. The molecule has 27 heavy (non-hydrogen) atoms. The number of ether oxygens (including phenoxy) is 1. The molecule has 1 aliphatic carbocycles. The Morgan fingerprint density at radius 1 is 1.37 bits per heavy atom. The summed E-state index contributed by atoms with van der Waals surface area (Å²) in [7, 11) is 0. The van der Waals surface area contributed by atoms with E-state index in [0.717, 1.165) is 42.8 Å². The van der Waals surface area contributed by atoms with E-state index in [-0.39, 0.29) is 5.91 Å². The van der Waals surface area contributed by atoms with Crippen molar-refractivity contribution >= 4 is 23.5 Å². The predicted octanol–water partition coefficient (Wildman–Crippen LogP) is 2.49. The Balaban J connectivity index is 1.52. The van der Waals surface area contributed by atoms with Gasteiger partial charge < -0.3 is 15.0 Å². The van der Waals surface area contributed by atoms with Gasteiger partial charge in [0.15, 0.2) is 0 Å². The summed E-state index contributed by atoms with van der Waals surface area (Å²) in [6, 6.07) is 7.53. The third-order valence-electron chi connectivity index (χ3n) is 5.41. The summed E-state index contributed by atoms with van der Waals surface area (Å²) >= 11 is 6.03. The minimum Gasteiger partial charge on any atom is -0.378 e. The number of morpholine rings is 1. The molecule has 1 aliphatic heterocycles.